The lowest BCUT2D eigenvalue weighted by Gasteiger charge is -2.13. The minimum atomic E-state index is -0.197. The summed E-state index contributed by atoms with van der Waals surface area (Å²) in [6.45, 7) is 0.591. The Morgan fingerprint density at radius 2 is 2.00 bits per heavy atom. The molecule has 3 heteroatoms. The molecule has 0 aromatic heterocycles. The van der Waals surface area contributed by atoms with Gasteiger partial charge in [0.2, 0.25) is 0 Å². The van der Waals surface area contributed by atoms with Crippen LogP contribution in [0.1, 0.15) is 5.56 Å². The van der Waals surface area contributed by atoms with Gasteiger partial charge in [0.05, 0.1) is 0 Å². The molecule has 0 fully saturated rings. The van der Waals surface area contributed by atoms with Gasteiger partial charge in [-0.05, 0) is 31.2 Å². The van der Waals surface area contributed by atoms with Crippen molar-refractivity contribution in [2.75, 3.05) is 13.6 Å². The van der Waals surface area contributed by atoms with Crippen LogP contribution in [0.25, 0.3) is 0 Å². The highest BCUT2D eigenvalue weighted by molar-refractivity contribution is 5.17. The number of hydrogen-bond donors (Lipinski definition) is 2. The third-order valence-corrected chi connectivity index (χ3v) is 2.09. The van der Waals surface area contributed by atoms with Gasteiger partial charge in [-0.15, -0.1) is 0 Å². The molecular weight excluding hydrogens is 167 g/mol. The Hall–Kier alpha value is -0.930. The van der Waals surface area contributed by atoms with Crippen LogP contribution in [0.3, 0.4) is 0 Å². The smallest absolute Gasteiger partial charge is 0.123 e. The highest BCUT2D eigenvalue weighted by Crippen LogP contribution is 2.04. The van der Waals surface area contributed by atoms with Crippen molar-refractivity contribution in [1.82, 2.24) is 5.32 Å². The normalized spacial score (nSPS) is 12.8. The highest BCUT2D eigenvalue weighted by Gasteiger charge is 2.03. The summed E-state index contributed by atoms with van der Waals surface area (Å²) in [7, 11) is 1.88. The summed E-state index contributed by atoms with van der Waals surface area (Å²) >= 11 is 0. The van der Waals surface area contributed by atoms with Gasteiger partial charge in [0, 0.05) is 12.6 Å². The minimum Gasteiger partial charge on any atom is -0.329 e. The highest BCUT2D eigenvalue weighted by atomic mass is 19.1. The van der Waals surface area contributed by atoms with Crippen molar-refractivity contribution in [3.63, 3.8) is 0 Å². The first-order valence-corrected chi connectivity index (χ1v) is 4.38. The lowest BCUT2D eigenvalue weighted by atomic mass is 10.1. The van der Waals surface area contributed by atoms with E-state index in [4.69, 9.17) is 5.73 Å². The van der Waals surface area contributed by atoms with Crippen LogP contribution in [0.4, 0.5) is 4.39 Å². The molecule has 0 saturated heterocycles. The van der Waals surface area contributed by atoms with Crippen LogP contribution in [-0.2, 0) is 6.42 Å². The third-order valence-electron chi connectivity index (χ3n) is 2.09. The molecule has 13 heavy (non-hydrogen) atoms. The number of benzene rings is 1. The van der Waals surface area contributed by atoms with E-state index in [1.165, 1.54) is 12.1 Å². The Morgan fingerprint density at radius 1 is 1.38 bits per heavy atom. The molecular formula is C10H15FN2. The molecule has 0 amide bonds. The average Bonchev–Trinajstić information content (AvgIpc) is 2.17. The van der Waals surface area contributed by atoms with Gasteiger partial charge < -0.3 is 11.1 Å². The maximum Gasteiger partial charge on any atom is 0.123 e. The fraction of sp³-hybridized carbons (Fsp3) is 0.400. The van der Waals surface area contributed by atoms with Crippen molar-refractivity contribution in [2.45, 2.75) is 12.5 Å². The summed E-state index contributed by atoms with van der Waals surface area (Å²) in [4.78, 5) is 0. The zero-order valence-corrected chi connectivity index (χ0v) is 7.76. The SMILES string of the molecule is CNC(CN)Cc1ccc(F)cc1. The standard InChI is InChI=1S/C10H15FN2/c1-13-10(7-12)6-8-2-4-9(11)5-3-8/h2-5,10,13H,6-7,12H2,1H3. The van der Waals surface area contributed by atoms with E-state index in [1.54, 1.807) is 12.1 Å². The number of likely N-dealkylation sites (N-methyl/N-ethyl adjacent to an activating group) is 1. The molecule has 1 aromatic carbocycles. The van der Waals surface area contributed by atoms with E-state index < -0.39 is 0 Å². The molecule has 2 nitrogen and oxygen atoms in total. The van der Waals surface area contributed by atoms with E-state index in [2.05, 4.69) is 5.32 Å². The predicted molar refractivity (Wildman–Crippen MR) is 52.0 cm³/mol. The fourth-order valence-electron chi connectivity index (χ4n) is 1.21. The second-order valence-corrected chi connectivity index (χ2v) is 3.05. The van der Waals surface area contributed by atoms with Gasteiger partial charge >= 0.3 is 0 Å². The molecule has 0 spiro atoms. The van der Waals surface area contributed by atoms with Crippen molar-refractivity contribution < 1.29 is 4.39 Å². The van der Waals surface area contributed by atoms with Crippen molar-refractivity contribution in [3.8, 4) is 0 Å². The summed E-state index contributed by atoms with van der Waals surface area (Å²) in [5.74, 6) is -0.197. The first kappa shape index (κ1) is 10.2. The third kappa shape index (κ3) is 3.13. The Kier molecular flexibility index (Phi) is 3.86. The van der Waals surface area contributed by atoms with Gasteiger partial charge in [-0.1, -0.05) is 12.1 Å². The van der Waals surface area contributed by atoms with Crippen molar-refractivity contribution in [3.05, 3.63) is 35.6 Å². The Balaban J connectivity index is 2.58. The van der Waals surface area contributed by atoms with Crippen LogP contribution in [-0.4, -0.2) is 19.6 Å². The van der Waals surface area contributed by atoms with E-state index in [-0.39, 0.29) is 11.9 Å². The van der Waals surface area contributed by atoms with Crippen molar-refractivity contribution in [2.24, 2.45) is 5.73 Å². The quantitative estimate of drug-likeness (QED) is 0.726. The largest absolute Gasteiger partial charge is 0.329 e. The lowest BCUT2D eigenvalue weighted by molar-refractivity contribution is 0.567. The monoisotopic (exact) mass is 182 g/mol. The number of nitrogens with two attached hydrogens (primary N) is 1. The van der Waals surface area contributed by atoms with Gasteiger partial charge in [0.25, 0.3) is 0 Å². The topological polar surface area (TPSA) is 38.0 Å². The van der Waals surface area contributed by atoms with Gasteiger partial charge in [-0.3, -0.25) is 0 Å². The van der Waals surface area contributed by atoms with E-state index in [0.29, 0.717) is 6.54 Å². The van der Waals surface area contributed by atoms with Gasteiger partial charge in [-0.2, -0.15) is 0 Å². The Labute approximate surface area is 77.9 Å². The summed E-state index contributed by atoms with van der Waals surface area (Å²) in [6, 6.07) is 6.78. The molecule has 0 bridgehead atoms. The van der Waals surface area contributed by atoms with Gasteiger partial charge in [-0.25, -0.2) is 4.39 Å². The molecule has 0 saturated carbocycles. The maximum atomic E-state index is 12.5. The summed E-state index contributed by atoms with van der Waals surface area (Å²) in [5, 5.41) is 3.10. The molecule has 0 aliphatic rings. The summed E-state index contributed by atoms with van der Waals surface area (Å²) in [6.07, 6.45) is 0.841. The molecule has 0 aliphatic heterocycles. The maximum absolute atomic E-state index is 12.5. The lowest BCUT2D eigenvalue weighted by Crippen LogP contribution is -2.35. The minimum absolute atomic E-state index is 0.197. The zero-order valence-electron chi connectivity index (χ0n) is 7.76. The zero-order chi connectivity index (χ0) is 9.68. The van der Waals surface area contributed by atoms with Crippen LogP contribution in [0.5, 0.6) is 0 Å². The van der Waals surface area contributed by atoms with E-state index >= 15 is 0 Å². The van der Waals surface area contributed by atoms with E-state index in [9.17, 15) is 4.39 Å². The number of nitrogens with one attached hydrogen (secondary N) is 1. The predicted octanol–water partition coefficient (Wildman–Crippen LogP) is 0.915. The van der Waals surface area contributed by atoms with Crippen molar-refractivity contribution >= 4 is 0 Å². The second-order valence-electron chi connectivity index (χ2n) is 3.05. The van der Waals surface area contributed by atoms with Crippen molar-refractivity contribution in [1.29, 1.82) is 0 Å². The second kappa shape index (κ2) is 4.94. The molecule has 1 rings (SSSR count). The molecule has 72 valence electrons. The first-order chi connectivity index (χ1) is 6.26. The number of hydrogen-bond acceptors (Lipinski definition) is 2. The Bertz CT molecular complexity index is 242. The molecule has 0 radical (unpaired) electrons. The van der Waals surface area contributed by atoms with Crippen LogP contribution in [0.15, 0.2) is 24.3 Å². The van der Waals surface area contributed by atoms with Crippen LogP contribution in [0, 0.1) is 5.82 Å². The van der Waals surface area contributed by atoms with Crippen LogP contribution in [0.2, 0.25) is 0 Å². The number of halogens is 1. The van der Waals surface area contributed by atoms with E-state index in [0.717, 1.165) is 12.0 Å². The fourth-order valence-corrected chi connectivity index (χ4v) is 1.21. The molecule has 1 aromatic rings. The van der Waals surface area contributed by atoms with Crippen LogP contribution < -0.4 is 11.1 Å². The van der Waals surface area contributed by atoms with E-state index in [1.807, 2.05) is 7.05 Å². The molecule has 0 heterocycles. The first-order valence-electron chi connectivity index (χ1n) is 4.38. The summed E-state index contributed by atoms with van der Waals surface area (Å²) in [5.41, 5.74) is 6.63. The molecule has 3 N–H and O–H groups in total. The van der Waals surface area contributed by atoms with Gasteiger partial charge in [0.1, 0.15) is 5.82 Å². The van der Waals surface area contributed by atoms with Gasteiger partial charge in [0.15, 0.2) is 0 Å². The average molecular weight is 182 g/mol. The Morgan fingerprint density at radius 3 is 2.46 bits per heavy atom. The summed E-state index contributed by atoms with van der Waals surface area (Å²) < 4.78 is 12.5. The van der Waals surface area contributed by atoms with Crippen LogP contribution >= 0.6 is 0 Å². The molecule has 1 atom stereocenters. The molecule has 1 unspecified atom stereocenters. The number of rotatable bonds is 4. The molecule has 0 aliphatic carbocycles.